The Balaban J connectivity index is 2.57. The van der Waals surface area contributed by atoms with Crippen LogP contribution in [0.5, 0.6) is 0 Å². The number of imidazole rings is 1. The molecular formula is C10H9N4+. The number of rotatable bonds is 0. The zero-order valence-electron chi connectivity index (χ0n) is 7.44. The molecule has 4 nitrogen and oxygen atoms in total. The number of H-pyrrole nitrogens is 1. The topological polar surface area (TPSA) is 58.8 Å². The van der Waals surface area contributed by atoms with Crippen LogP contribution in [0.25, 0.3) is 16.8 Å². The lowest BCUT2D eigenvalue weighted by Crippen LogP contribution is -2.18. The molecule has 68 valence electrons. The number of nitrogens with zero attached hydrogens (tertiary/aromatic N) is 2. The Morgan fingerprint density at radius 3 is 3.07 bits per heavy atom. The van der Waals surface area contributed by atoms with E-state index in [1.165, 1.54) is 0 Å². The van der Waals surface area contributed by atoms with Crippen LogP contribution in [0.15, 0.2) is 36.5 Å². The SMILES string of the molecule is Nc1ccc2c(n1)[nH]c1cccc[n+]12. The van der Waals surface area contributed by atoms with Gasteiger partial charge in [0.1, 0.15) is 5.82 Å². The van der Waals surface area contributed by atoms with Gasteiger partial charge in [-0.25, -0.2) is 4.98 Å². The number of nitrogens with one attached hydrogen (secondary N) is 1. The third-order valence-electron chi connectivity index (χ3n) is 2.26. The number of anilines is 1. The van der Waals surface area contributed by atoms with Gasteiger partial charge in [0.2, 0.25) is 0 Å². The lowest BCUT2D eigenvalue weighted by Gasteiger charge is -1.87. The minimum Gasteiger partial charge on any atom is -0.384 e. The lowest BCUT2D eigenvalue weighted by molar-refractivity contribution is -0.481. The summed E-state index contributed by atoms with van der Waals surface area (Å²) in [6.45, 7) is 0. The smallest absolute Gasteiger partial charge is 0.286 e. The van der Waals surface area contributed by atoms with Crippen molar-refractivity contribution in [3.05, 3.63) is 36.5 Å². The average molecular weight is 185 g/mol. The fraction of sp³-hybridized carbons (Fsp3) is 0. The molecule has 3 N–H and O–H groups in total. The molecule has 0 radical (unpaired) electrons. The molecule has 3 rings (SSSR count). The molecule has 0 aliphatic rings. The lowest BCUT2D eigenvalue weighted by atomic mass is 10.4. The summed E-state index contributed by atoms with van der Waals surface area (Å²) < 4.78 is 2.04. The average Bonchev–Trinajstić information content (AvgIpc) is 2.54. The van der Waals surface area contributed by atoms with Crippen LogP contribution in [0.3, 0.4) is 0 Å². The van der Waals surface area contributed by atoms with Crippen molar-refractivity contribution in [1.29, 1.82) is 0 Å². The molecule has 0 unspecified atom stereocenters. The molecule has 0 aliphatic heterocycles. The highest BCUT2D eigenvalue weighted by atomic mass is 15.1. The van der Waals surface area contributed by atoms with Crippen molar-refractivity contribution in [2.24, 2.45) is 0 Å². The van der Waals surface area contributed by atoms with E-state index in [1.807, 2.05) is 34.9 Å². The maximum absolute atomic E-state index is 5.61. The Morgan fingerprint density at radius 1 is 1.21 bits per heavy atom. The summed E-state index contributed by atoms with van der Waals surface area (Å²) in [5.41, 5.74) is 8.47. The summed E-state index contributed by atoms with van der Waals surface area (Å²) in [5.74, 6) is 0.532. The van der Waals surface area contributed by atoms with Gasteiger partial charge < -0.3 is 5.73 Å². The number of aromatic nitrogens is 3. The maximum atomic E-state index is 5.61. The van der Waals surface area contributed by atoms with E-state index in [0.29, 0.717) is 5.82 Å². The fourth-order valence-corrected chi connectivity index (χ4v) is 1.63. The van der Waals surface area contributed by atoms with Gasteiger partial charge in [-0.3, -0.25) is 0 Å². The molecule has 0 aliphatic carbocycles. The zero-order valence-corrected chi connectivity index (χ0v) is 7.44. The van der Waals surface area contributed by atoms with Gasteiger partial charge >= 0.3 is 0 Å². The largest absolute Gasteiger partial charge is 0.384 e. The van der Waals surface area contributed by atoms with Gasteiger partial charge in [0.15, 0.2) is 5.52 Å². The van der Waals surface area contributed by atoms with Crippen molar-refractivity contribution in [2.45, 2.75) is 0 Å². The first kappa shape index (κ1) is 7.32. The quantitative estimate of drug-likeness (QED) is 0.511. The van der Waals surface area contributed by atoms with Crippen molar-refractivity contribution >= 4 is 22.6 Å². The molecular weight excluding hydrogens is 176 g/mol. The van der Waals surface area contributed by atoms with Crippen molar-refractivity contribution < 1.29 is 4.40 Å². The van der Waals surface area contributed by atoms with Gasteiger partial charge in [-0.2, -0.15) is 9.38 Å². The van der Waals surface area contributed by atoms with Crippen LogP contribution in [0, 0.1) is 0 Å². The molecule has 3 aromatic rings. The molecule has 4 heteroatoms. The van der Waals surface area contributed by atoms with E-state index in [9.17, 15) is 0 Å². The molecule has 0 aromatic carbocycles. The number of nitrogens with two attached hydrogens (primary N) is 1. The maximum Gasteiger partial charge on any atom is 0.286 e. The summed E-state index contributed by atoms with van der Waals surface area (Å²) in [4.78, 5) is 7.40. The summed E-state index contributed by atoms with van der Waals surface area (Å²) in [6, 6.07) is 9.72. The second kappa shape index (κ2) is 2.45. The molecule has 0 bridgehead atoms. The van der Waals surface area contributed by atoms with Crippen LogP contribution in [-0.4, -0.2) is 9.97 Å². The molecule has 3 heterocycles. The third-order valence-corrected chi connectivity index (χ3v) is 2.26. The van der Waals surface area contributed by atoms with E-state index in [2.05, 4.69) is 9.97 Å². The highest BCUT2D eigenvalue weighted by molar-refractivity contribution is 5.71. The van der Waals surface area contributed by atoms with E-state index >= 15 is 0 Å². The Morgan fingerprint density at radius 2 is 2.14 bits per heavy atom. The molecule has 0 spiro atoms. The number of fused-ring (bicyclic) bond motifs is 3. The third kappa shape index (κ3) is 0.877. The highest BCUT2D eigenvalue weighted by Crippen LogP contribution is 2.09. The van der Waals surface area contributed by atoms with E-state index in [0.717, 1.165) is 16.8 Å². The number of aromatic amines is 1. The monoisotopic (exact) mass is 185 g/mol. The highest BCUT2D eigenvalue weighted by Gasteiger charge is 2.11. The van der Waals surface area contributed by atoms with Gasteiger partial charge in [0, 0.05) is 6.07 Å². The predicted molar refractivity (Wildman–Crippen MR) is 53.7 cm³/mol. The van der Waals surface area contributed by atoms with E-state index in [1.54, 1.807) is 6.07 Å². The Bertz CT molecular complexity index is 612. The molecule has 0 saturated carbocycles. The Labute approximate surface area is 80.0 Å². The normalized spacial score (nSPS) is 11.1. The van der Waals surface area contributed by atoms with Crippen molar-refractivity contribution in [3.63, 3.8) is 0 Å². The second-order valence-corrected chi connectivity index (χ2v) is 3.18. The first-order valence-electron chi connectivity index (χ1n) is 4.39. The predicted octanol–water partition coefficient (Wildman–Crippen LogP) is 0.884. The van der Waals surface area contributed by atoms with Crippen molar-refractivity contribution in [1.82, 2.24) is 9.97 Å². The number of nitrogen functional groups attached to an aromatic ring is 1. The molecule has 0 atom stereocenters. The molecule has 0 amide bonds. The first-order valence-corrected chi connectivity index (χ1v) is 4.39. The molecule has 0 fully saturated rings. The van der Waals surface area contributed by atoms with Crippen LogP contribution in [0.1, 0.15) is 0 Å². The number of pyridine rings is 2. The van der Waals surface area contributed by atoms with Gasteiger partial charge in [0.05, 0.1) is 6.20 Å². The standard InChI is InChI=1S/C10H8N4/c11-8-5-4-7-10(12-8)13-9-3-1-2-6-14(7)9/h1-6H,(H2,11,12)/p+1. The van der Waals surface area contributed by atoms with Crippen molar-refractivity contribution in [3.8, 4) is 0 Å². The first-order chi connectivity index (χ1) is 6.84. The van der Waals surface area contributed by atoms with E-state index in [4.69, 9.17) is 5.73 Å². The van der Waals surface area contributed by atoms with Gasteiger partial charge in [-0.05, 0) is 18.2 Å². The fourth-order valence-electron chi connectivity index (χ4n) is 1.63. The zero-order chi connectivity index (χ0) is 9.54. The van der Waals surface area contributed by atoms with Crippen molar-refractivity contribution in [2.75, 3.05) is 5.73 Å². The Kier molecular flexibility index (Phi) is 1.28. The van der Waals surface area contributed by atoms with Crippen LogP contribution >= 0.6 is 0 Å². The van der Waals surface area contributed by atoms with Crippen LogP contribution < -0.4 is 10.1 Å². The summed E-state index contributed by atoms with van der Waals surface area (Å²) in [6.07, 6.45) is 1.99. The minimum atomic E-state index is 0.532. The van der Waals surface area contributed by atoms with Crippen LogP contribution in [0.2, 0.25) is 0 Å². The summed E-state index contributed by atoms with van der Waals surface area (Å²) in [7, 11) is 0. The van der Waals surface area contributed by atoms with Crippen LogP contribution in [-0.2, 0) is 0 Å². The number of hydrogen-bond donors (Lipinski definition) is 2. The summed E-state index contributed by atoms with van der Waals surface area (Å²) >= 11 is 0. The van der Waals surface area contributed by atoms with Gasteiger partial charge in [0.25, 0.3) is 11.3 Å². The number of hydrogen-bond acceptors (Lipinski definition) is 2. The van der Waals surface area contributed by atoms with Gasteiger partial charge in [-0.1, -0.05) is 6.07 Å². The van der Waals surface area contributed by atoms with E-state index < -0.39 is 0 Å². The molecule has 3 aromatic heterocycles. The second-order valence-electron chi connectivity index (χ2n) is 3.18. The minimum absolute atomic E-state index is 0.532. The Hall–Kier alpha value is -2.10. The molecule has 0 saturated heterocycles. The molecule has 14 heavy (non-hydrogen) atoms. The van der Waals surface area contributed by atoms with Gasteiger partial charge in [-0.15, -0.1) is 0 Å². The van der Waals surface area contributed by atoms with Crippen LogP contribution in [0.4, 0.5) is 5.82 Å². The summed E-state index contributed by atoms with van der Waals surface area (Å²) in [5, 5.41) is 0. The van der Waals surface area contributed by atoms with E-state index in [-0.39, 0.29) is 0 Å².